The van der Waals surface area contributed by atoms with E-state index >= 15 is 0 Å². The van der Waals surface area contributed by atoms with Crippen LogP contribution in [0.1, 0.15) is 34.5 Å². The number of amides is 3. The van der Waals surface area contributed by atoms with E-state index in [1.165, 1.54) is 0 Å². The molecule has 0 aliphatic carbocycles. The van der Waals surface area contributed by atoms with E-state index in [4.69, 9.17) is 14.6 Å². The van der Waals surface area contributed by atoms with Crippen LogP contribution in [0, 0.1) is 0 Å². The molecule has 0 radical (unpaired) electrons. The Balaban J connectivity index is 2.06. The average molecular weight is 415 g/mol. The summed E-state index contributed by atoms with van der Waals surface area (Å²) in [5.41, 5.74) is 1.86. The van der Waals surface area contributed by atoms with Gasteiger partial charge in [0.15, 0.2) is 11.5 Å². The number of nitrogens with one attached hydrogen (secondary N) is 3. The van der Waals surface area contributed by atoms with E-state index in [1.807, 2.05) is 18.3 Å². The molecule has 1 atom stereocenters. The van der Waals surface area contributed by atoms with Crippen molar-refractivity contribution >= 4 is 17.9 Å². The number of rotatable bonds is 9. The van der Waals surface area contributed by atoms with Gasteiger partial charge in [-0.25, -0.2) is 4.79 Å². The molecule has 9 heteroatoms. The van der Waals surface area contributed by atoms with Crippen molar-refractivity contribution in [3.63, 3.8) is 0 Å². The SMILES string of the molecule is COc1ccc(C(C)NC(=O)c2ccccc2CNC(=O)CNC(=O)O)cc1OC. The maximum atomic E-state index is 12.8. The predicted molar refractivity (Wildman–Crippen MR) is 110 cm³/mol. The lowest BCUT2D eigenvalue weighted by Gasteiger charge is -2.18. The highest BCUT2D eigenvalue weighted by Gasteiger charge is 2.16. The van der Waals surface area contributed by atoms with E-state index in [1.54, 1.807) is 50.6 Å². The molecule has 2 rings (SSSR count). The molecule has 30 heavy (non-hydrogen) atoms. The lowest BCUT2D eigenvalue weighted by atomic mass is 10.0. The van der Waals surface area contributed by atoms with Gasteiger partial charge in [-0.1, -0.05) is 24.3 Å². The molecule has 0 aliphatic rings. The van der Waals surface area contributed by atoms with E-state index in [0.29, 0.717) is 22.6 Å². The first-order valence-electron chi connectivity index (χ1n) is 9.20. The molecule has 0 saturated heterocycles. The Morgan fingerprint density at radius 2 is 1.70 bits per heavy atom. The van der Waals surface area contributed by atoms with E-state index in [0.717, 1.165) is 5.56 Å². The molecule has 2 aromatic rings. The molecule has 1 unspecified atom stereocenters. The Hall–Kier alpha value is -3.75. The third kappa shape index (κ3) is 6.13. The van der Waals surface area contributed by atoms with Crippen LogP contribution in [-0.2, 0) is 11.3 Å². The summed E-state index contributed by atoms with van der Waals surface area (Å²) in [6, 6.07) is 12.0. The topological polar surface area (TPSA) is 126 Å². The Morgan fingerprint density at radius 3 is 2.37 bits per heavy atom. The fourth-order valence-corrected chi connectivity index (χ4v) is 2.79. The number of carbonyl (C=O) groups is 3. The fourth-order valence-electron chi connectivity index (χ4n) is 2.79. The van der Waals surface area contributed by atoms with Gasteiger partial charge in [0.2, 0.25) is 5.91 Å². The second-order valence-corrected chi connectivity index (χ2v) is 6.40. The van der Waals surface area contributed by atoms with Crippen LogP contribution in [0.4, 0.5) is 4.79 Å². The van der Waals surface area contributed by atoms with E-state index in [-0.39, 0.29) is 25.0 Å². The highest BCUT2D eigenvalue weighted by Crippen LogP contribution is 2.30. The lowest BCUT2D eigenvalue weighted by Crippen LogP contribution is -2.36. The second kappa shape index (κ2) is 10.7. The van der Waals surface area contributed by atoms with Crippen molar-refractivity contribution in [1.82, 2.24) is 16.0 Å². The molecule has 160 valence electrons. The number of methoxy groups -OCH3 is 2. The van der Waals surface area contributed by atoms with Gasteiger partial charge < -0.3 is 30.5 Å². The molecule has 9 nitrogen and oxygen atoms in total. The smallest absolute Gasteiger partial charge is 0.405 e. The quantitative estimate of drug-likeness (QED) is 0.497. The summed E-state index contributed by atoms with van der Waals surface area (Å²) in [6.45, 7) is 1.58. The standard InChI is InChI=1S/C21H25N3O6/c1-13(14-8-9-17(29-2)18(10-14)30-3)24-20(26)16-7-5-4-6-15(16)11-22-19(25)12-23-21(27)28/h4-10,13,23H,11-12H2,1-3H3,(H,22,25)(H,24,26)(H,27,28). The highest BCUT2D eigenvalue weighted by molar-refractivity contribution is 5.96. The number of hydrogen-bond donors (Lipinski definition) is 4. The van der Waals surface area contributed by atoms with Crippen LogP contribution in [0.2, 0.25) is 0 Å². The highest BCUT2D eigenvalue weighted by atomic mass is 16.5. The Bertz CT molecular complexity index is 915. The molecule has 4 N–H and O–H groups in total. The van der Waals surface area contributed by atoms with Gasteiger partial charge in [-0.3, -0.25) is 9.59 Å². The van der Waals surface area contributed by atoms with Crippen molar-refractivity contribution in [3.8, 4) is 11.5 Å². The van der Waals surface area contributed by atoms with Crippen molar-refractivity contribution in [2.45, 2.75) is 19.5 Å². The van der Waals surface area contributed by atoms with Gasteiger partial charge in [0.25, 0.3) is 5.91 Å². The van der Waals surface area contributed by atoms with Gasteiger partial charge in [0, 0.05) is 12.1 Å². The first kappa shape index (κ1) is 22.5. The lowest BCUT2D eigenvalue weighted by molar-refractivity contribution is -0.120. The zero-order valence-corrected chi connectivity index (χ0v) is 17.0. The summed E-state index contributed by atoms with van der Waals surface area (Å²) < 4.78 is 10.5. The van der Waals surface area contributed by atoms with Crippen molar-refractivity contribution < 1.29 is 29.0 Å². The molecule has 0 heterocycles. The van der Waals surface area contributed by atoms with E-state index in [2.05, 4.69) is 10.6 Å². The van der Waals surface area contributed by atoms with Gasteiger partial charge in [-0.05, 0) is 36.2 Å². The molecular weight excluding hydrogens is 390 g/mol. The first-order valence-corrected chi connectivity index (χ1v) is 9.20. The van der Waals surface area contributed by atoms with Crippen LogP contribution >= 0.6 is 0 Å². The summed E-state index contributed by atoms with van der Waals surface area (Å²) in [4.78, 5) is 35.0. The molecule has 0 bridgehead atoms. The third-order valence-electron chi connectivity index (χ3n) is 4.39. The minimum absolute atomic E-state index is 0.0917. The summed E-state index contributed by atoms with van der Waals surface area (Å²) in [5, 5.41) is 16.1. The molecule has 2 aromatic carbocycles. The maximum absolute atomic E-state index is 12.8. The summed E-state index contributed by atoms with van der Waals surface area (Å²) >= 11 is 0. The zero-order valence-electron chi connectivity index (χ0n) is 17.0. The van der Waals surface area contributed by atoms with Gasteiger partial charge in [-0.15, -0.1) is 0 Å². The molecule has 0 spiro atoms. The molecule has 0 aliphatic heterocycles. The van der Waals surface area contributed by atoms with E-state index < -0.39 is 12.0 Å². The molecule has 0 saturated carbocycles. The number of carbonyl (C=O) groups excluding carboxylic acids is 2. The second-order valence-electron chi connectivity index (χ2n) is 6.40. The number of benzene rings is 2. The normalized spacial score (nSPS) is 11.2. The summed E-state index contributed by atoms with van der Waals surface area (Å²) in [7, 11) is 3.09. The monoisotopic (exact) mass is 415 g/mol. The van der Waals surface area contributed by atoms with Crippen LogP contribution in [-0.4, -0.2) is 43.8 Å². The van der Waals surface area contributed by atoms with Crippen LogP contribution < -0.4 is 25.4 Å². The van der Waals surface area contributed by atoms with Crippen molar-refractivity contribution in [2.75, 3.05) is 20.8 Å². The predicted octanol–water partition coefficient (Wildman–Crippen LogP) is 2.08. The zero-order chi connectivity index (χ0) is 22.1. The van der Waals surface area contributed by atoms with Crippen LogP contribution in [0.3, 0.4) is 0 Å². The van der Waals surface area contributed by atoms with Crippen LogP contribution in [0.5, 0.6) is 11.5 Å². The Morgan fingerprint density at radius 1 is 1.00 bits per heavy atom. The molecule has 0 aromatic heterocycles. The van der Waals surface area contributed by atoms with Gasteiger partial charge in [0.1, 0.15) is 0 Å². The number of carboxylic acid groups (broad SMARTS) is 1. The largest absolute Gasteiger partial charge is 0.493 e. The Labute approximate surface area is 174 Å². The molecular formula is C21H25N3O6. The summed E-state index contributed by atoms with van der Waals surface area (Å²) in [6.07, 6.45) is -1.28. The van der Waals surface area contributed by atoms with Crippen LogP contribution in [0.15, 0.2) is 42.5 Å². The maximum Gasteiger partial charge on any atom is 0.405 e. The summed E-state index contributed by atoms with van der Waals surface area (Å²) in [5.74, 6) is 0.365. The minimum Gasteiger partial charge on any atom is -0.493 e. The van der Waals surface area contributed by atoms with Gasteiger partial charge in [-0.2, -0.15) is 0 Å². The minimum atomic E-state index is -1.28. The van der Waals surface area contributed by atoms with E-state index in [9.17, 15) is 14.4 Å². The van der Waals surface area contributed by atoms with Crippen LogP contribution in [0.25, 0.3) is 0 Å². The average Bonchev–Trinajstić information content (AvgIpc) is 2.75. The Kier molecular flexibility index (Phi) is 8.04. The van der Waals surface area contributed by atoms with Crippen molar-refractivity contribution in [3.05, 3.63) is 59.2 Å². The van der Waals surface area contributed by atoms with Crippen molar-refractivity contribution in [1.29, 1.82) is 0 Å². The number of hydrogen-bond acceptors (Lipinski definition) is 5. The third-order valence-corrected chi connectivity index (χ3v) is 4.39. The fraction of sp³-hybridized carbons (Fsp3) is 0.286. The molecule has 0 fully saturated rings. The first-order chi connectivity index (χ1) is 14.3. The molecule has 3 amide bonds. The van der Waals surface area contributed by atoms with Crippen molar-refractivity contribution in [2.24, 2.45) is 0 Å². The van der Waals surface area contributed by atoms with Gasteiger partial charge in [0.05, 0.1) is 26.8 Å². The number of ether oxygens (including phenoxy) is 2. The van der Waals surface area contributed by atoms with Gasteiger partial charge >= 0.3 is 6.09 Å².